The number of hydrogen-bond acceptors (Lipinski definition) is 6. The van der Waals surface area contributed by atoms with E-state index in [9.17, 15) is 9.59 Å². The molecule has 33 heavy (non-hydrogen) atoms. The number of amides is 1. The van der Waals surface area contributed by atoms with E-state index >= 15 is 0 Å². The Labute approximate surface area is 192 Å². The Balaban J connectivity index is 1.61. The van der Waals surface area contributed by atoms with E-state index in [0.29, 0.717) is 11.6 Å². The molecule has 1 atom stereocenters. The second kappa shape index (κ2) is 9.62. The predicted octanol–water partition coefficient (Wildman–Crippen LogP) is 4.25. The van der Waals surface area contributed by atoms with Crippen molar-refractivity contribution in [3.05, 3.63) is 74.0 Å². The van der Waals surface area contributed by atoms with Gasteiger partial charge >= 0.3 is 5.76 Å². The normalized spacial score (nSPS) is 15.2. The number of rotatable bonds is 7. The number of aryl methyl sites for hydroxylation is 2. The van der Waals surface area contributed by atoms with Gasteiger partial charge in [-0.25, -0.2) is 4.79 Å². The van der Waals surface area contributed by atoms with Crippen molar-refractivity contribution < 1.29 is 18.8 Å². The van der Waals surface area contributed by atoms with Crippen molar-refractivity contribution in [2.45, 2.75) is 52.4 Å². The predicted molar refractivity (Wildman–Crippen MR) is 124 cm³/mol. The molecule has 0 aliphatic heterocycles. The highest BCUT2D eigenvalue weighted by molar-refractivity contribution is 6.01. The molecule has 1 amide bonds. The van der Waals surface area contributed by atoms with Gasteiger partial charge in [-0.1, -0.05) is 13.0 Å². The molecule has 0 spiro atoms. The zero-order chi connectivity index (χ0) is 23.5. The molecule has 1 aromatic heterocycles. The van der Waals surface area contributed by atoms with Crippen molar-refractivity contribution in [3.8, 4) is 5.75 Å². The lowest BCUT2D eigenvalue weighted by Crippen LogP contribution is -2.16. The first-order valence-electron chi connectivity index (χ1n) is 11.1. The number of nitrogens with zero attached hydrogens (tertiary/aromatic N) is 1. The van der Waals surface area contributed by atoms with E-state index in [0.717, 1.165) is 36.1 Å². The third-order valence-corrected chi connectivity index (χ3v) is 6.28. The van der Waals surface area contributed by atoms with Crippen LogP contribution in [0.1, 0.15) is 69.7 Å². The summed E-state index contributed by atoms with van der Waals surface area (Å²) >= 11 is 0. The minimum Gasteiger partial charge on any atom is -0.467 e. The van der Waals surface area contributed by atoms with E-state index in [2.05, 4.69) is 39.0 Å². The molecule has 8 nitrogen and oxygen atoms in total. The number of ether oxygens (including phenoxy) is 2. The average molecular weight is 452 g/mol. The Bertz CT molecular complexity index is 1200. The Morgan fingerprint density at radius 3 is 2.70 bits per heavy atom. The van der Waals surface area contributed by atoms with Crippen molar-refractivity contribution in [1.82, 2.24) is 10.1 Å². The molecule has 0 saturated carbocycles. The van der Waals surface area contributed by atoms with E-state index in [-0.39, 0.29) is 12.6 Å². The average Bonchev–Trinajstić information content (AvgIpc) is 3.22. The maximum atomic E-state index is 12.3. The smallest absolute Gasteiger partial charge is 0.439 e. The third kappa shape index (κ3) is 4.85. The summed E-state index contributed by atoms with van der Waals surface area (Å²) in [7, 11) is 1.63. The maximum Gasteiger partial charge on any atom is 0.439 e. The minimum atomic E-state index is -0.765. The second-order valence-corrected chi connectivity index (χ2v) is 8.62. The van der Waals surface area contributed by atoms with Gasteiger partial charge in [0.25, 0.3) is 5.91 Å². The zero-order valence-electron chi connectivity index (χ0n) is 19.4. The summed E-state index contributed by atoms with van der Waals surface area (Å²) in [5, 5.41) is 6.20. The van der Waals surface area contributed by atoms with Crippen LogP contribution in [0.5, 0.6) is 5.75 Å². The Morgan fingerprint density at radius 1 is 1.27 bits per heavy atom. The molecule has 0 fully saturated rings. The number of methoxy groups -OCH3 is 1. The first-order chi connectivity index (χ1) is 15.9. The van der Waals surface area contributed by atoms with Gasteiger partial charge in [0, 0.05) is 18.4 Å². The first-order valence-corrected chi connectivity index (χ1v) is 11.1. The fraction of sp³-hybridized carbons (Fsp3) is 0.400. The Hall–Kier alpha value is -3.39. The summed E-state index contributed by atoms with van der Waals surface area (Å²) in [5.41, 5.74) is 8.03. The van der Waals surface area contributed by atoms with Gasteiger partial charge in [0.1, 0.15) is 5.75 Å². The molecular formula is C25H29N3O5. The van der Waals surface area contributed by atoms with Crippen LogP contribution in [0, 0.1) is 13.8 Å². The number of hydrogen-bond donors (Lipinski definition) is 2. The van der Waals surface area contributed by atoms with Crippen molar-refractivity contribution in [1.29, 1.82) is 0 Å². The topological polar surface area (TPSA) is 106 Å². The van der Waals surface area contributed by atoms with Gasteiger partial charge in [-0.2, -0.15) is 0 Å². The molecule has 0 radical (unpaired) electrons. The van der Waals surface area contributed by atoms with Crippen LogP contribution in [0.3, 0.4) is 0 Å². The molecule has 0 saturated heterocycles. The van der Waals surface area contributed by atoms with Gasteiger partial charge in [-0.3, -0.25) is 14.3 Å². The van der Waals surface area contributed by atoms with Crippen molar-refractivity contribution in [2.24, 2.45) is 0 Å². The van der Waals surface area contributed by atoms with E-state index in [4.69, 9.17) is 9.47 Å². The van der Waals surface area contributed by atoms with Gasteiger partial charge < -0.3 is 14.8 Å². The molecule has 3 aromatic rings. The summed E-state index contributed by atoms with van der Waals surface area (Å²) < 4.78 is 15.4. The quantitative estimate of drug-likeness (QED) is 0.520. The molecule has 4 rings (SSSR count). The number of aromatic amines is 1. The summed E-state index contributed by atoms with van der Waals surface area (Å²) in [5.74, 6) is -0.0827. The fourth-order valence-corrected chi connectivity index (χ4v) is 4.72. The SMILES string of the molecule is COCOc1ccc(Cc2c(C)cc(NC(=O)c3noc(=O)[nH]3)cc2C)c2c1[C@@H](C)CCC2. The van der Waals surface area contributed by atoms with E-state index in [1.807, 2.05) is 26.0 Å². The number of aromatic nitrogens is 2. The van der Waals surface area contributed by atoms with Crippen molar-refractivity contribution in [3.63, 3.8) is 0 Å². The zero-order valence-corrected chi connectivity index (χ0v) is 19.4. The minimum absolute atomic E-state index is 0.157. The lowest BCUT2D eigenvalue weighted by Gasteiger charge is -2.28. The van der Waals surface area contributed by atoms with Crippen molar-refractivity contribution >= 4 is 11.6 Å². The van der Waals surface area contributed by atoms with Crippen LogP contribution in [0.2, 0.25) is 0 Å². The Kier molecular flexibility index (Phi) is 6.65. The van der Waals surface area contributed by atoms with Crippen LogP contribution < -0.4 is 15.8 Å². The highest BCUT2D eigenvalue weighted by atomic mass is 16.7. The monoisotopic (exact) mass is 451 g/mol. The molecule has 1 aliphatic carbocycles. The van der Waals surface area contributed by atoms with Gasteiger partial charge in [-0.15, -0.1) is 0 Å². The number of nitrogens with one attached hydrogen (secondary N) is 2. The van der Waals surface area contributed by atoms with Gasteiger partial charge in [0.2, 0.25) is 5.82 Å². The Morgan fingerprint density at radius 2 is 2.03 bits per heavy atom. The van der Waals surface area contributed by atoms with Crippen LogP contribution in [0.4, 0.5) is 5.69 Å². The van der Waals surface area contributed by atoms with E-state index < -0.39 is 11.7 Å². The molecular weight excluding hydrogens is 422 g/mol. The lowest BCUT2D eigenvalue weighted by molar-refractivity contribution is 0.0500. The number of H-pyrrole nitrogens is 1. The first kappa shape index (κ1) is 22.8. The lowest BCUT2D eigenvalue weighted by atomic mass is 9.79. The highest BCUT2D eigenvalue weighted by Crippen LogP contribution is 2.40. The second-order valence-electron chi connectivity index (χ2n) is 8.62. The number of anilines is 1. The molecule has 0 unspecified atom stereocenters. The van der Waals surface area contributed by atoms with Crippen LogP contribution in [-0.2, 0) is 17.6 Å². The van der Waals surface area contributed by atoms with Crippen LogP contribution in [0.15, 0.2) is 33.6 Å². The molecule has 174 valence electrons. The third-order valence-electron chi connectivity index (χ3n) is 6.28. The largest absolute Gasteiger partial charge is 0.467 e. The molecule has 2 aromatic carbocycles. The number of benzene rings is 2. The molecule has 0 bridgehead atoms. The molecule has 8 heteroatoms. The van der Waals surface area contributed by atoms with Crippen molar-refractivity contribution in [2.75, 3.05) is 19.2 Å². The summed E-state index contributed by atoms with van der Waals surface area (Å²) in [6.07, 6.45) is 4.18. The number of carbonyl (C=O) groups is 1. The van der Waals surface area contributed by atoms with Gasteiger partial charge in [0.05, 0.1) is 0 Å². The number of fused-ring (bicyclic) bond motifs is 1. The molecule has 1 aliphatic rings. The summed E-state index contributed by atoms with van der Waals surface area (Å²) in [6, 6.07) is 8.09. The maximum absolute atomic E-state index is 12.3. The summed E-state index contributed by atoms with van der Waals surface area (Å²) in [4.78, 5) is 25.6. The van der Waals surface area contributed by atoms with E-state index in [1.54, 1.807) is 7.11 Å². The van der Waals surface area contributed by atoms with Gasteiger partial charge in [-0.05, 0) is 96.6 Å². The summed E-state index contributed by atoms with van der Waals surface area (Å²) in [6.45, 7) is 6.59. The van der Waals surface area contributed by atoms with Crippen LogP contribution in [-0.4, -0.2) is 30.0 Å². The standard InChI is InChI=1S/C25H29N3O5/c1-14-6-5-7-19-17(8-9-21(22(14)19)32-13-31-4)12-20-15(2)10-18(11-16(20)3)26-24(29)23-27-25(30)33-28-23/h8-11,14H,5-7,12-13H2,1-4H3,(H,26,29)(H,27,28,30)/t14-/m0/s1. The van der Waals surface area contributed by atoms with Crippen LogP contribution in [0.25, 0.3) is 0 Å². The van der Waals surface area contributed by atoms with Gasteiger partial charge in [0.15, 0.2) is 6.79 Å². The van der Waals surface area contributed by atoms with E-state index in [1.165, 1.54) is 28.7 Å². The van der Waals surface area contributed by atoms with Crippen LogP contribution >= 0.6 is 0 Å². The highest BCUT2D eigenvalue weighted by Gasteiger charge is 2.24. The number of carbonyl (C=O) groups excluding carboxylic acids is 1. The molecule has 2 N–H and O–H groups in total. The fourth-order valence-electron chi connectivity index (χ4n) is 4.72. The molecule has 1 heterocycles.